The second-order valence-corrected chi connectivity index (χ2v) is 15.9. The minimum atomic E-state index is -3.85. The number of hydrogen-bond donors (Lipinski definition) is 0. The van der Waals surface area contributed by atoms with Crippen molar-refractivity contribution in [1.29, 1.82) is 0 Å². The zero-order valence-corrected chi connectivity index (χ0v) is 20.9. The van der Waals surface area contributed by atoms with E-state index < -0.39 is 28.2 Å². The van der Waals surface area contributed by atoms with E-state index in [9.17, 15) is 9.59 Å². The first-order chi connectivity index (χ1) is 13.3. The van der Waals surface area contributed by atoms with Crippen molar-refractivity contribution in [1.82, 2.24) is 0 Å². The fourth-order valence-corrected chi connectivity index (χ4v) is 10.4. The van der Waals surface area contributed by atoms with Crippen LogP contribution in [0.15, 0.2) is 22.3 Å². The number of carbonyl (C=O) groups excluding carboxylic acids is 2. The molecule has 0 unspecified atom stereocenters. The Bertz CT molecular complexity index is 701. The zero-order valence-electron chi connectivity index (χ0n) is 19.4. The number of carbonyl (C=O) groups is 2. The molecular weight excluding hydrogens is 400 g/mol. The third kappa shape index (κ3) is 4.59. The fraction of sp³-hybridized carbons (Fsp3) is 0.750. The molecule has 0 radical (unpaired) electrons. The first-order valence-corrected chi connectivity index (χ1v) is 15.0. The topological polar surface area (TPSA) is 52.6 Å². The van der Waals surface area contributed by atoms with E-state index in [0.29, 0.717) is 0 Å². The predicted molar refractivity (Wildman–Crippen MR) is 112 cm³/mol. The van der Waals surface area contributed by atoms with Crippen LogP contribution in [-0.4, -0.2) is 11.9 Å². The Morgan fingerprint density at radius 1 is 0.724 bits per heavy atom. The molecule has 0 N–H and O–H groups in total. The Morgan fingerprint density at radius 3 is 1.41 bits per heavy atom. The van der Waals surface area contributed by atoms with E-state index in [1.54, 1.807) is 0 Å². The molecule has 0 aromatic heterocycles. The molecule has 0 fully saturated rings. The van der Waals surface area contributed by atoms with E-state index in [-0.39, 0.29) is 16.2 Å². The van der Waals surface area contributed by atoms with Gasteiger partial charge in [-0.25, -0.2) is 0 Å². The van der Waals surface area contributed by atoms with Crippen molar-refractivity contribution in [3.8, 4) is 0 Å². The summed E-state index contributed by atoms with van der Waals surface area (Å²) in [6.45, 7) is 11.2. The fourth-order valence-electron chi connectivity index (χ4n) is 4.84. The Kier molecular flexibility index (Phi) is 6.29. The van der Waals surface area contributed by atoms with Gasteiger partial charge in [-0.2, -0.15) is 0 Å². The van der Waals surface area contributed by atoms with Crippen LogP contribution in [0.2, 0.25) is 9.45 Å². The second kappa shape index (κ2) is 8.00. The van der Waals surface area contributed by atoms with E-state index >= 15 is 0 Å². The molecule has 5 heteroatoms. The molecule has 0 bridgehead atoms. The maximum atomic E-state index is 13.0. The average molecular weight is 438 g/mol. The van der Waals surface area contributed by atoms with Crippen molar-refractivity contribution >= 4 is 11.9 Å². The quantitative estimate of drug-likeness (QED) is 0.458. The van der Waals surface area contributed by atoms with Crippen LogP contribution < -0.4 is 0 Å². The van der Waals surface area contributed by atoms with Gasteiger partial charge in [-0.05, 0) is 0 Å². The normalized spacial score (nSPS) is 21.1. The van der Waals surface area contributed by atoms with Crippen LogP contribution in [0.3, 0.4) is 0 Å². The van der Waals surface area contributed by atoms with Gasteiger partial charge in [0.25, 0.3) is 0 Å². The summed E-state index contributed by atoms with van der Waals surface area (Å²) < 4.78 is 12.6. The summed E-state index contributed by atoms with van der Waals surface area (Å²) in [5.74, 6) is -0.492. The predicted octanol–water partition coefficient (Wildman–Crippen LogP) is 6.74. The van der Waals surface area contributed by atoms with Gasteiger partial charge in [-0.15, -0.1) is 0 Å². The van der Waals surface area contributed by atoms with Gasteiger partial charge in [-0.1, -0.05) is 0 Å². The minimum absolute atomic E-state index is 0.0539. The number of hydrogen-bond acceptors (Lipinski definition) is 4. The Morgan fingerprint density at radius 2 is 1.07 bits per heavy atom. The molecule has 29 heavy (non-hydrogen) atoms. The first kappa shape index (κ1) is 22.8. The van der Waals surface area contributed by atoms with Gasteiger partial charge in [0.05, 0.1) is 0 Å². The van der Waals surface area contributed by atoms with Crippen LogP contribution in [0, 0.1) is 10.8 Å². The Labute approximate surface area is 180 Å². The first-order valence-electron chi connectivity index (χ1n) is 11.3. The van der Waals surface area contributed by atoms with E-state index in [4.69, 9.17) is 6.64 Å². The SMILES string of the molecule is CC(C)(C)C(=O)[O][Ti]([CH3])([O]C(=O)C(C)(C)C)[CH]1C2=C(CCCC2)C2=C1CCCC2. The molecule has 0 saturated heterocycles. The van der Waals surface area contributed by atoms with Crippen LogP contribution in [0.1, 0.15) is 92.9 Å². The molecular formula is C24H38O4Ti. The molecule has 0 amide bonds. The van der Waals surface area contributed by atoms with Gasteiger partial charge < -0.3 is 0 Å². The molecule has 0 saturated carbocycles. The van der Waals surface area contributed by atoms with Gasteiger partial charge in [0.15, 0.2) is 0 Å². The summed E-state index contributed by atoms with van der Waals surface area (Å²) in [7, 11) is 0. The summed E-state index contributed by atoms with van der Waals surface area (Å²) in [5.41, 5.74) is 4.68. The van der Waals surface area contributed by atoms with Gasteiger partial charge >= 0.3 is 181 Å². The van der Waals surface area contributed by atoms with Crippen molar-refractivity contribution in [2.75, 3.05) is 0 Å². The number of allylic oxidation sites excluding steroid dienone is 4. The van der Waals surface area contributed by atoms with Crippen molar-refractivity contribution in [2.24, 2.45) is 10.8 Å². The van der Waals surface area contributed by atoms with Gasteiger partial charge in [-0.3, -0.25) is 0 Å². The van der Waals surface area contributed by atoms with Crippen LogP contribution >= 0.6 is 0 Å². The third-order valence-electron chi connectivity index (χ3n) is 6.42. The summed E-state index contributed by atoms with van der Waals surface area (Å²) in [5, 5.41) is 2.00. The molecule has 0 atom stereocenters. The van der Waals surface area contributed by atoms with Crippen molar-refractivity contribution in [3.63, 3.8) is 0 Å². The maximum absolute atomic E-state index is 13.0. The molecule has 0 spiro atoms. The van der Waals surface area contributed by atoms with Crippen molar-refractivity contribution < 1.29 is 33.6 Å². The monoisotopic (exact) mass is 438 g/mol. The van der Waals surface area contributed by atoms with Gasteiger partial charge in [0.1, 0.15) is 0 Å². The van der Waals surface area contributed by atoms with E-state index in [1.165, 1.54) is 48.0 Å². The zero-order chi connectivity index (χ0) is 21.6. The Balaban J connectivity index is 2.07. The number of rotatable bonds is 3. The summed E-state index contributed by atoms with van der Waals surface area (Å²) in [6.07, 6.45) is 9.17. The standard InChI is InChI=1S/C13H17.2C5H10O2.CH3.Ti/c1-3-7-12-10(5-1)9-11-6-2-4-8-13(11)12;2*1-5(2,3)4(6)7;;/h9H,1-8H2;2*1-3H3,(H,6,7);1H3;/q;;;;+2/p-2. The van der Waals surface area contributed by atoms with E-state index in [1.807, 2.05) is 46.8 Å². The molecule has 3 rings (SSSR count). The van der Waals surface area contributed by atoms with Gasteiger partial charge in [0.2, 0.25) is 0 Å². The van der Waals surface area contributed by atoms with Crippen molar-refractivity contribution in [2.45, 2.75) is 102 Å². The molecule has 4 nitrogen and oxygen atoms in total. The van der Waals surface area contributed by atoms with Crippen LogP contribution in [0.25, 0.3) is 0 Å². The molecule has 162 valence electrons. The molecule has 0 aromatic rings. The van der Waals surface area contributed by atoms with Crippen molar-refractivity contribution in [3.05, 3.63) is 22.3 Å². The Hall–Kier alpha value is -0.866. The van der Waals surface area contributed by atoms with Crippen LogP contribution in [-0.2, 0) is 33.6 Å². The number of fused-ring (bicyclic) bond motifs is 1. The third-order valence-corrected chi connectivity index (χ3v) is 11.0. The molecule has 0 aromatic carbocycles. The molecule has 3 aliphatic rings. The second-order valence-electron chi connectivity index (χ2n) is 11.1. The van der Waals surface area contributed by atoms with E-state index in [0.717, 1.165) is 25.7 Å². The molecule has 3 aliphatic carbocycles. The molecule has 0 heterocycles. The van der Waals surface area contributed by atoms with Crippen LogP contribution in [0.4, 0.5) is 0 Å². The van der Waals surface area contributed by atoms with E-state index in [2.05, 4.69) is 0 Å². The molecule has 0 aliphatic heterocycles. The summed E-state index contributed by atoms with van der Waals surface area (Å²) in [6, 6.07) is 0. The average Bonchev–Trinajstić information content (AvgIpc) is 2.95. The summed E-state index contributed by atoms with van der Waals surface area (Å²) in [4.78, 5) is 26.0. The summed E-state index contributed by atoms with van der Waals surface area (Å²) >= 11 is -3.85. The van der Waals surface area contributed by atoms with Crippen LogP contribution in [0.5, 0.6) is 0 Å². The van der Waals surface area contributed by atoms with Gasteiger partial charge in [0, 0.05) is 0 Å².